The van der Waals surface area contributed by atoms with E-state index in [9.17, 15) is 9.90 Å². The highest BCUT2D eigenvalue weighted by Crippen LogP contribution is 2.66. The van der Waals surface area contributed by atoms with Crippen molar-refractivity contribution in [2.75, 3.05) is 13.1 Å². The largest absolute Gasteiger partial charge is 0.504 e. The summed E-state index contributed by atoms with van der Waals surface area (Å²) in [6.45, 7) is 2.17. The summed E-state index contributed by atoms with van der Waals surface area (Å²) in [5.41, 5.74) is 3.40. The van der Waals surface area contributed by atoms with Crippen molar-refractivity contribution in [1.82, 2.24) is 4.90 Å². The lowest BCUT2D eigenvalue weighted by Crippen LogP contribution is -2.70. The fourth-order valence-electron chi connectivity index (χ4n) is 8.43. The first-order valence-corrected chi connectivity index (χ1v) is 13.5. The number of carbonyl (C=O) groups excluding carboxylic acids is 1. The smallest absolute Gasteiger partial charge is 0.189 e. The molecule has 4 atom stereocenters. The molecule has 0 radical (unpaired) electrons. The monoisotopic (exact) mass is 477 g/mol. The molecule has 3 aliphatic carbocycles. The van der Waals surface area contributed by atoms with Crippen molar-refractivity contribution >= 4 is 5.78 Å². The molecular weight excluding hydrogens is 446 g/mol. The van der Waals surface area contributed by atoms with Gasteiger partial charge < -0.3 is 9.84 Å². The molecule has 2 saturated carbocycles. The fourth-order valence-corrected chi connectivity index (χ4v) is 8.43. The van der Waals surface area contributed by atoms with Gasteiger partial charge in [0.25, 0.3) is 0 Å². The van der Waals surface area contributed by atoms with E-state index in [1.54, 1.807) is 6.07 Å². The lowest BCUT2D eigenvalue weighted by molar-refractivity contribution is -0.146. The molecule has 4 heteroatoms. The van der Waals surface area contributed by atoms with E-state index < -0.39 is 11.5 Å². The molecule has 0 amide bonds. The summed E-state index contributed by atoms with van der Waals surface area (Å²) >= 11 is 0. The van der Waals surface area contributed by atoms with Crippen LogP contribution in [0.5, 0.6) is 11.5 Å². The second kappa shape index (κ2) is 7.23. The number of phenolic OH excluding ortho intramolecular Hbond substituents is 1. The first-order valence-electron chi connectivity index (χ1n) is 13.5. The van der Waals surface area contributed by atoms with Crippen LogP contribution >= 0.6 is 0 Å². The molecule has 8 rings (SSSR count). The van der Waals surface area contributed by atoms with Gasteiger partial charge in [-0.15, -0.1) is 0 Å². The van der Waals surface area contributed by atoms with E-state index >= 15 is 0 Å². The Bertz CT molecular complexity index is 1330. The SMILES string of the molecule is O=C1[C@@H]2Oc3c(O)ccc4c3[C@@]23CCN(CC2CC2)C(C4)C3CC1(c1ccccc1)c1ccccc1. The molecular formula is C32H31NO3. The minimum atomic E-state index is -0.767. The van der Waals surface area contributed by atoms with Crippen LogP contribution < -0.4 is 4.74 Å². The number of hydrogen-bond acceptors (Lipinski definition) is 4. The minimum Gasteiger partial charge on any atom is -0.504 e. The Kier molecular flexibility index (Phi) is 4.22. The van der Waals surface area contributed by atoms with Crippen molar-refractivity contribution in [2.45, 2.75) is 55.1 Å². The molecule has 1 N–H and O–H groups in total. The second-order valence-corrected chi connectivity index (χ2v) is 11.8. The normalized spacial score (nSPS) is 31.6. The molecule has 3 aromatic rings. The third kappa shape index (κ3) is 2.56. The van der Waals surface area contributed by atoms with Gasteiger partial charge in [0.15, 0.2) is 23.4 Å². The van der Waals surface area contributed by atoms with Crippen LogP contribution in [-0.2, 0) is 22.0 Å². The van der Waals surface area contributed by atoms with E-state index in [0.29, 0.717) is 11.8 Å². The van der Waals surface area contributed by atoms with Gasteiger partial charge in [0, 0.05) is 23.6 Å². The van der Waals surface area contributed by atoms with Gasteiger partial charge in [0.2, 0.25) is 0 Å². The lowest BCUT2D eigenvalue weighted by atomic mass is 9.45. The number of phenols is 1. The van der Waals surface area contributed by atoms with Crippen molar-refractivity contribution in [1.29, 1.82) is 0 Å². The Morgan fingerprint density at radius 2 is 1.64 bits per heavy atom. The Morgan fingerprint density at radius 1 is 0.944 bits per heavy atom. The highest BCUT2D eigenvalue weighted by atomic mass is 16.5. The molecule has 3 aromatic carbocycles. The number of ether oxygens (including phenoxy) is 1. The van der Waals surface area contributed by atoms with Crippen LogP contribution in [-0.4, -0.2) is 41.0 Å². The molecule has 1 saturated heterocycles. The number of piperidine rings is 1. The topological polar surface area (TPSA) is 49.8 Å². The van der Waals surface area contributed by atoms with E-state index in [-0.39, 0.29) is 22.9 Å². The van der Waals surface area contributed by atoms with Crippen LogP contribution in [0.25, 0.3) is 0 Å². The summed E-state index contributed by atoms with van der Waals surface area (Å²) in [4.78, 5) is 17.7. The Hall–Kier alpha value is -3.11. The Morgan fingerprint density at radius 3 is 2.31 bits per heavy atom. The van der Waals surface area contributed by atoms with Gasteiger partial charge in [-0.2, -0.15) is 0 Å². The molecule has 2 heterocycles. The van der Waals surface area contributed by atoms with E-state index in [1.165, 1.54) is 24.9 Å². The first kappa shape index (κ1) is 21.0. The number of nitrogens with zero attached hydrogens (tertiary/aromatic N) is 1. The van der Waals surface area contributed by atoms with Gasteiger partial charge in [-0.3, -0.25) is 9.69 Å². The summed E-state index contributed by atoms with van der Waals surface area (Å²) in [5, 5.41) is 10.9. The van der Waals surface area contributed by atoms with Gasteiger partial charge in [-0.05, 0) is 73.2 Å². The van der Waals surface area contributed by atoms with Gasteiger partial charge in [0.05, 0.1) is 5.41 Å². The molecule has 0 aromatic heterocycles. The maximum Gasteiger partial charge on any atom is 0.189 e. The molecule has 2 bridgehead atoms. The summed E-state index contributed by atoms with van der Waals surface area (Å²) in [6.07, 6.45) is 4.77. The summed E-state index contributed by atoms with van der Waals surface area (Å²) in [6, 6.07) is 25.0. The molecule has 1 spiro atoms. The van der Waals surface area contributed by atoms with E-state index in [4.69, 9.17) is 4.74 Å². The van der Waals surface area contributed by atoms with Crippen molar-refractivity contribution in [3.05, 3.63) is 95.1 Å². The van der Waals surface area contributed by atoms with Crippen molar-refractivity contribution in [2.24, 2.45) is 11.8 Å². The van der Waals surface area contributed by atoms with Crippen molar-refractivity contribution < 1.29 is 14.6 Å². The quantitative estimate of drug-likeness (QED) is 0.574. The highest BCUT2D eigenvalue weighted by Gasteiger charge is 2.71. The van der Waals surface area contributed by atoms with E-state index in [1.807, 2.05) is 36.4 Å². The minimum absolute atomic E-state index is 0.147. The Labute approximate surface area is 211 Å². The van der Waals surface area contributed by atoms with Gasteiger partial charge in [-0.25, -0.2) is 0 Å². The average molecular weight is 478 g/mol. The number of ketones is 1. The maximum atomic E-state index is 14.9. The van der Waals surface area contributed by atoms with Gasteiger partial charge >= 0.3 is 0 Å². The number of benzene rings is 3. The van der Waals surface area contributed by atoms with Crippen LogP contribution in [0, 0.1) is 11.8 Å². The zero-order valence-corrected chi connectivity index (χ0v) is 20.4. The number of Topliss-reactive ketones (excluding diaryl/α,β-unsaturated/α-hetero) is 1. The molecule has 3 fully saturated rings. The molecule has 36 heavy (non-hydrogen) atoms. The van der Waals surface area contributed by atoms with E-state index in [2.05, 4.69) is 35.2 Å². The summed E-state index contributed by atoms with van der Waals surface area (Å²) in [7, 11) is 0. The number of carbonyl (C=O) groups is 1. The van der Waals surface area contributed by atoms with Gasteiger partial charge in [-0.1, -0.05) is 66.7 Å². The zero-order chi connectivity index (χ0) is 24.1. The fraction of sp³-hybridized carbons (Fsp3) is 0.406. The molecule has 2 aliphatic heterocycles. The Balaban J connectivity index is 1.37. The zero-order valence-electron chi connectivity index (χ0n) is 20.4. The van der Waals surface area contributed by atoms with Crippen LogP contribution in [0.4, 0.5) is 0 Å². The van der Waals surface area contributed by atoms with E-state index in [0.717, 1.165) is 48.4 Å². The third-order valence-electron chi connectivity index (χ3n) is 10.1. The van der Waals surface area contributed by atoms with Crippen molar-refractivity contribution in [3.8, 4) is 11.5 Å². The lowest BCUT2D eigenvalue weighted by Gasteiger charge is -2.61. The molecule has 4 nitrogen and oxygen atoms in total. The summed E-state index contributed by atoms with van der Waals surface area (Å²) < 4.78 is 6.63. The number of rotatable bonds is 4. The third-order valence-corrected chi connectivity index (χ3v) is 10.1. The van der Waals surface area contributed by atoms with Gasteiger partial charge in [0.1, 0.15) is 0 Å². The highest BCUT2D eigenvalue weighted by molar-refractivity contribution is 6.01. The van der Waals surface area contributed by atoms with Crippen LogP contribution in [0.2, 0.25) is 0 Å². The molecule has 2 unspecified atom stereocenters. The molecule has 5 aliphatic rings. The van der Waals surface area contributed by atoms with Crippen LogP contribution in [0.3, 0.4) is 0 Å². The van der Waals surface area contributed by atoms with Crippen LogP contribution in [0.1, 0.15) is 47.9 Å². The first-order chi connectivity index (χ1) is 17.6. The molecule has 182 valence electrons. The standard InChI is InChI=1S/C32H31NO3/c34-26-14-13-21-17-25-24-18-32(22-7-3-1-4-8-22,23-9-5-2-6-10-23)29(35)30-31(24,27(21)28(26)36-30)15-16-33(25)19-20-11-12-20/h1-10,13-14,20,24-25,30,34H,11-12,15-19H2/t24?,25?,30-,31-/m0/s1. The van der Waals surface area contributed by atoms with Crippen molar-refractivity contribution in [3.63, 3.8) is 0 Å². The predicted molar refractivity (Wildman–Crippen MR) is 137 cm³/mol. The number of likely N-dealkylation sites (tertiary alicyclic amines) is 1. The number of aromatic hydroxyl groups is 1. The number of hydrogen-bond donors (Lipinski definition) is 1. The van der Waals surface area contributed by atoms with Crippen LogP contribution in [0.15, 0.2) is 72.8 Å². The second-order valence-electron chi connectivity index (χ2n) is 11.8. The average Bonchev–Trinajstić information content (AvgIpc) is 3.66. The maximum absolute atomic E-state index is 14.9. The summed E-state index contributed by atoms with van der Waals surface area (Å²) in [5.74, 6) is 2.00. The predicted octanol–water partition coefficient (Wildman–Crippen LogP) is 5.01.